The minimum Gasteiger partial charge on any atom is -0.871 e. The number of nitrogens with one attached hydrogen (secondary N) is 1. The number of hydrogen-bond donors (Lipinski definition) is 1. The minimum absolute atomic E-state index is 0. The molecule has 2 aliphatic heterocycles. The molecule has 1 N–H and O–H groups in total. The molecule has 0 fully saturated rings. The molecule has 0 aromatic heterocycles. The van der Waals surface area contributed by atoms with Crippen molar-refractivity contribution >= 4 is 92.5 Å². The summed E-state index contributed by atoms with van der Waals surface area (Å²) in [5.74, 6) is -2.15. The van der Waals surface area contributed by atoms with E-state index in [4.69, 9.17) is 4.42 Å². The van der Waals surface area contributed by atoms with Gasteiger partial charge in [0.05, 0.1) is 14.9 Å². The molecule has 0 saturated heterocycles. The second kappa shape index (κ2) is 13.7. The Bertz CT molecular complexity index is 1650. The molecule has 2 aromatic carbocycles. The van der Waals surface area contributed by atoms with Crippen LogP contribution in [0.3, 0.4) is 0 Å². The number of carbonyl (C=O) groups is 3. The molecule has 0 spiro atoms. The molecule has 2 heterocycles. The monoisotopic (exact) mass is 785 g/mol. The van der Waals surface area contributed by atoms with Crippen LogP contribution in [0.1, 0.15) is 10.4 Å². The van der Waals surface area contributed by atoms with Crippen LogP contribution >= 0.6 is 63.7 Å². The van der Waals surface area contributed by atoms with E-state index in [9.17, 15) is 29.4 Å². The second-order valence-electron chi connectivity index (χ2n) is 7.25. The molecule has 0 unspecified atom stereocenters. The van der Waals surface area contributed by atoms with Gasteiger partial charge in [0.15, 0.2) is 5.76 Å². The standard InChI is InChI=1S/C20H8Br4O5.C4H3NO2.2Na/c21-11-5-9-13(7-3-1-2-4-8(7)20(27)28)10-6-12(22)17(26)15(24)19(10)29-18(9)14(23)16(11)25;6-3-1-2-4(7)5-3;;/h1-6,25H,(H,27,28);1-2H,(H,5,6,7);;/q;;2*+1/p-2. The van der Waals surface area contributed by atoms with E-state index in [0.29, 0.717) is 22.1 Å². The topological polar surface area (TPSA) is 140 Å². The Hall–Kier alpha value is -0.800. The number of halogens is 4. The molecule has 5 rings (SSSR count). The summed E-state index contributed by atoms with van der Waals surface area (Å²) in [5, 5.41) is 26.7. The normalized spacial score (nSPS) is 11.9. The maximum Gasteiger partial charge on any atom is 1.00 e. The van der Waals surface area contributed by atoms with Gasteiger partial charge in [-0.1, -0.05) is 45.9 Å². The zero-order chi connectivity index (χ0) is 26.3. The van der Waals surface area contributed by atoms with Gasteiger partial charge in [0.25, 0.3) is 11.8 Å². The molecule has 2 amide bonds. The van der Waals surface area contributed by atoms with Crippen LogP contribution in [0.25, 0.3) is 33.4 Å². The number of amides is 2. The first-order valence-electron chi connectivity index (χ1n) is 9.78. The molecular weight excluding hydrogens is 780 g/mol. The molecular formula is C24H9Br4NNa2O7. The third kappa shape index (κ3) is 6.56. The van der Waals surface area contributed by atoms with Crippen LogP contribution in [0.5, 0.6) is 5.75 Å². The third-order valence-electron chi connectivity index (χ3n) is 5.05. The quantitative estimate of drug-likeness (QED) is 0.145. The van der Waals surface area contributed by atoms with Crippen LogP contribution in [0.4, 0.5) is 0 Å². The smallest absolute Gasteiger partial charge is 0.871 e. The van der Waals surface area contributed by atoms with Crippen molar-refractivity contribution in [2.45, 2.75) is 0 Å². The van der Waals surface area contributed by atoms with E-state index in [1.165, 1.54) is 18.2 Å². The number of carbonyl (C=O) groups excluding carboxylic acids is 3. The Morgan fingerprint density at radius 1 is 0.842 bits per heavy atom. The summed E-state index contributed by atoms with van der Waals surface area (Å²) >= 11 is 13.0. The first kappa shape index (κ1) is 33.4. The van der Waals surface area contributed by atoms with Gasteiger partial charge in [0.2, 0.25) is 5.43 Å². The minimum atomic E-state index is -1.35. The van der Waals surface area contributed by atoms with Crippen molar-refractivity contribution in [3.8, 4) is 28.2 Å². The first-order chi connectivity index (χ1) is 17.0. The van der Waals surface area contributed by atoms with E-state index < -0.39 is 5.97 Å². The summed E-state index contributed by atoms with van der Waals surface area (Å²) in [5.41, 5.74) is 1.17. The molecule has 0 atom stereocenters. The van der Waals surface area contributed by atoms with Crippen molar-refractivity contribution in [2.24, 2.45) is 0 Å². The third-order valence-corrected chi connectivity index (χ3v) is 7.67. The fraction of sp³-hybridized carbons (Fsp3) is 0. The number of carboxylic acids is 1. The van der Waals surface area contributed by atoms with E-state index in [1.807, 2.05) is 5.32 Å². The molecule has 0 radical (unpaired) electrons. The fourth-order valence-electron chi connectivity index (χ4n) is 3.51. The van der Waals surface area contributed by atoms with Crippen LogP contribution in [-0.2, 0) is 9.59 Å². The maximum absolute atomic E-state index is 12.4. The molecule has 2 aromatic rings. The predicted molar refractivity (Wildman–Crippen MR) is 141 cm³/mol. The summed E-state index contributed by atoms with van der Waals surface area (Å²) in [4.78, 5) is 44.2. The van der Waals surface area contributed by atoms with E-state index in [1.54, 1.807) is 30.3 Å². The Balaban J connectivity index is 0.000000492. The van der Waals surface area contributed by atoms with Gasteiger partial charge in [-0.05, 0) is 65.5 Å². The molecule has 0 bridgehead atoms. The van der Waals surface area contributed by atoms with Crippen molar-refractivity contribution in [1.82, 2.24) is 5.32 Å². The van der Waals surface area contributed by atoms with Gasteiger partial charge in [-0.3, -0.25) is 19.7 Å². The molecule has 0 saturated carbocycles. The SMILES string of the molecule is O=C([O-])c1ccccc1-c1c2cc(Br)c(=O)c(Br)c-2oc2c(Br)c([O-])c(Br)cc12.O=C1C=CC(=O)N1.[Na+].[Na+]. The average molecular weight is 789 g/mol. The number of aromatic carboxylic acids is 1. The molecule has 38 heavy (non-hydrogen) atoms. The fourth-order valence-corrected chi connectivity index (χ4v) is 5.91. The van der Waals surface area contributed by atoms with E-state index in [0.717, 1.165) is 0 Å². The number of rotatable bonds is 2. The Labute approximate surface area is 292 Å². The number of carboxylic acid groups (broad SMARTS) is 1. The second-order valence-corrected chi connectivity index (χ2v) is 10.5. The van der Waals surface area contributed by atoms with Crippen molar-refractivity contribution in [3.05, 3.63) is 82.2 Å². The maximum atomic E-state index is 12.4. The van der Waals surface area contributed by atoms with Crippen LogP contribution in [0.15, 0.2) is 75.7 Å². The van der Waals surface area contributed by atoms with Crippen LogP contribution < -0.4 is 80.1 Å². The van der Waals surface area contributed by atoms with Gasteiger partial charge in [0.1, 0.15) is 10.1 Å². The van der Waals surface area contributed by atoms with Crippen molar-refractivity contribution in [1.29, 1.82) is 0 Å². The number of fused-ring (bicyclic) bond motifs is 2. The first-order valence-corrected chi connectivity index (χ1v) is 13.0. The van der Waals surface area contributed by atoms with Crippen LogP contribution in [0, 0.1) is 0 Å². The van der Waals surface area contributed by atoms with E-state index >= 15 is 0 Å². The van der Waals surface area contributed by atoms with Gasteiger partial charge in [-0.2, -0.15) is 0 Å². The molecule has 14 heteroatoms. The number of hydrogen-bond acceptors (Lipinski definition) is 7. The van der Waals surface area contributed by atoms with Gasteiger partial charge >= 0.3 is 59.1 Å². The van der Waals surface area contributed by atoms with Gasteiger partial charge in [0, 0.05) is 38.7 Å². The number of imide groups is 1. The molecule has 8 nitrogen and oxygen atoms in total. The van der Waals surface area contributed by atoms with Gasteiger partial charge < -0.3 is 19.4 Å². The summed E-state index contributed by atoms with van der Waals surface area (Å²) < 4.78 is 6.80. The zero-order valence-electron chi connectivity index (χ0n) is 19.5. The van der Waals surface area contributed by atoms with Gasteiger partial charge in [-0.15, -0.1) is 0 Å². The van der Waals surface area contributed by atoms with Gasteiger partial charge in [-0.25, -0.2) is 0 Å². The van der Waals surface area contributed by atoms with Crippen LogP contribution in [-0.4, -0.2) is 17.8 Å². The molecule has 1 aliphatic carbocycles. The number of benzene rings is 3. The van der Waals surface area contributed by atoms with Crippen molar-refractivity contribution in [2.75, 3.05) is 0 Å². The average Bonchev–Trinajstić information content (AvgIpc) is 3.23. The van der Waals surface area contributed by atoms with Crippen molar-refractivity contribution in [3.63, 3.8) is 0 Å². The van der Waals surface area contributed by atoms with E-state index in [2.05, 4.69) is 63.7 Å². The summed E-state index contributed by atoms with van der Waals surface area (Å²) in [6, 6.07) is 9.50. The Morgan fingerprint density at radius 3 is 2.00 bits per heavy atom. The summed E-state index contributed by atoms with van der Waals surface area (Å²) in [7, 11) is 0. The Morgan fingerprint density at radius 2 is 1.45 bits per heavy atom. The molecule has 3 aliphatic rings. The predicted octanol–water partition coefficient (Wildman–Crippen LogP) is -1.74. The zero-order valence-corrected chi connectivity index (χ0v) is 29.8. The summed E-state index contributed by atoms with van der Waals surface area (Å²) in [6.07, 6.45) is 2.39. The summed E-state index contributed by atoms with van der Waals surface area (Å²) in [6.45, 7) is 0. The largest absolute Gasteiger partial charge is 1.00 e. The van der Waals surface area contributed by atoms with E-state index in [-0.39, 0.29) is 117 Å². The molecule has 182 valence electrons. The van der Waals surface area contributed by atoms with Crippen LogP contribution in [0.2, 0.25) is 0 Å². The Kier molecular flexibility index (Phi) is 12.1. The van der Waals surface area contributed by atoms with Crippen molar-refractivity contribution < 1.29 is 88.1 Å².